The predicted molar refractivity (Wildman–Crippen MR) is 113 cm³/mol. The Morgan fingerprint density at radius 2 is 1.47 bits per heavy atom. The second-order valence-corrected chi connectivity index (χ2v) is 7.77. The maximum atomic E-state index is 13.2. The molecule has 34 heavy (non-hydrogen) atoms. The lowest BCUT2D eigenvalue weighted by Gasteiger charge is -2.41. The van der Waals surface area contributed by atoms with Crippen molar-refractivity contribution in [2.75, 3.05) is 26.2 Å². The summed E-state index contributed by atoms with van der Waals surface area (Å²) >= 11 is 0. The zero-order chi connectivity index (χ0) is 24.4. The van der Waals surface area contributed by atoms with Crippen molar-refractivity contribution in [2.24, 2.45) is 0 Å². The van der Waals surface area contributed by atoms with Crippen LogP contribution in [-0.4, -0.2) is 59.0 Å². The number of carboxylic acids is 1. The molecular weight excluding hydrogens is 490 g/mol. The zero-order valence-corrected chi connectivity index (χ0v) is 18.4. The molecule has 186 valence electrons. The Kier molecular flexibility index (Phi) is 8.59. The Hall–Kier alpha value is -2.79. The third-order valence-electron chi connectivity index (χ3n) is 5.34. The third-order valence-corrected chi connectivity index (χ3v) is 5.34. The molecule has 0 aromatic heterocycles. The molecule has 2 aromatic carbocycles. The molecule has 12 heteroatoms. The van der Waals surface area contributed by atoms with Crippen molar-refractivity contribution >= 4 is 24.3 Å². The van der Waals surface area contributed by atoms with Crippen LogP contribution in [0.2, 0.25) is 0 Å². The van der Waals surface area contributed by atoms with E-state index in [0.29, 0.717) is 12.1 Å². The van der Waals surface area contributed by atoms with Gasteiger partial charge in [-0.05, 0) is 30.2 Å². The molecule has 1 amide bonds. The summed E-state index contributed by atoms with van der Waals surface area (Å²) in [5, 5.41) is 9.07. The molecule has 1 saturated heterocycles. The van der Waals surface area contributed by atoms with Crippen molar-refractivity contribution in [3.05, 3.63) is 70.8 Å². The summed E-state index contributed by atoms with van der Waals surface area (Å²) in [6, 6.07) is 8.98. The highest BCUT2D eigenvalue weighted by Crippen LogP contribution is 2.36. The lowest BCUT2D eigenvalue weighted by Crippen LogP contribution is -2.56. The number of rotatable bonds is 5. The number of amides is 1. The fourth-order valence-corrected chi connectivity index (χ4v) is 3.83. The van der Waals surface area contributed by atoms with Gasteiger partial charge in [-0.25, -0.2) is 0 Å². The van der Waals surface area contributed by atoms with Gasteiger partial charge in [0.1, 0.15) is 0 Å². The number of nitrogens with zero attached hydrogens (tertiary/aromatic N) is 2. The molecule has 0 unspecified atom stereocenters. The summed E-state index contributed by atoms with van der Waals surface area (Å²) < 4.78 is 79.3. The summed E-state index contributed by atoms with van der Waals surface area (Å²) in [6.07, 6.45) is -9.88. The van der Waals surface area contributed by atoms with E-state index < -0.39 is 47.0 Å². The van der Waals surface area contributed by atoms with E-state index in [-0.39, 0.29) is 51.1 Å². The Bertz CT molecular complexity index is 982. The summed E-state index contributed by atoms with van der Waals surface area (Å²) in [5.74, 6) is -2.05. The van der Waals surface area contributed by atoms with Crippen molar-refractivity contribution in [1.82, 2.24) is 9.80 Å². The zero-order valence-electron chi connectivity index (χ0n) is 17.6. The van der Waals surface area contributed by atoms with E-state index in [1.54, 1.807) is 35.2 Å². The van der Waals surface area contributed by atoms with Crippen molar-refractivity contribution < 1.29 is 41.0 Å². The Morgan fingerprint density at radius 3 is 1.97 bits per heavy atom. The van der Waals surface area contributed by atoms with Crippen LogP contribution in [0.3, 0.4) is 0 Å². The van der Waals surface area contributed by atoms with Gasteiger partial charge in [-0.2, -0.15) is 26.3 Å². The van der Waals surface area contributed by atoms with Crippen LogP contribution in [0.5, 0.6) is 0 Å². The molecule has 0 spiro atoms. The van der Waals surface area contributed by atoms with Crippen LogP contribution in [0, 0.1) is 0 Å². The largest absolute Gasteiger partial charge is 0.480 e. The van der Waals surface area contributed by atoms with Gasteiger partial charge in [-0.15, -0.1) is 12.4 Å². The van der Waals surface area contributed by atoms with Crippen LogP contribution in [0.15, 0.2) is 48.5 Å². The van der Waals surface area contributed by atoms with Gasteiger partial charge in [0.15, 0.2) is 0 Å². The molecule has 1 N–H and O–H groups in total. The molecular formula is C22H21ClF6N2O3. The number of piperazine rings is 1. The average Bonchev–Trinajstić information content (AvgIpc) is 2.72. The van der Waals surface area contributed by atoms with Gasteiger partial charge in [0.2, 0.25) is 0 Å². The number of hydrogen-bond acceptors (Lipinski definition) is 3. The SMILES string of the molecule is Cl.O=C(O)CN1CCN(C(=O)c2cc(C(F)(F)F)cc(C(F)(F)F)c2)[C@H](Cc2ccccc2)C1. The first kappa shape index (κ1) is 27.5. The van der Waals surface area contributed by atoms with E-state index >= 15 is 0 Å². The van der Waals surface area contributed by atoms with Crippen molar-refractivity contribution in [1.29, 1.82) is 0 Å². The minimum Gasteiger partial charge on any atom is -0.480 e. The number of carbonyl (C=O) groups excluding carboxylic acids is 1. The van der Waals surface area contributed by atoms with Crippen LogP contribution in [0.25, 0.3) is 0 Å². The highest BCUT2D eigenvalue weighted by atomic mass is 35.5. The summed E-state index contributed by atoms with van der Waals surface area (Å²) in [5.41, 5.74) is -3.06. The summed E-state index contributed by atoms with van der Waals surface area (Å²) in [6.45, 7) is -0.108. The number of alkyl halides is 6. The predicted octanol–water partition coefficient (Wildman–Crippen LogP) is 4.60. The van der Waals surface area contributed by atoms with Gasteiger partial charge in [-0.3, -0.25) is 14.5 Å². The first-order valence-corrected chi connectivity index (χ1v) is 9.93. The Balaban J connectivity index is 0.00000408. The number of carbonyl (C=O) groups is 2. The molecule has 5 nitrogen and oxygen atoms in total. The highest BCUT2D eigenvalue weighted by Gasteiger charge is 2.39. The first-order chi connectivity index (χ1) is 15.3. The first-order valence-electron chi connectivity index (χ1n) is 9.93. The Labute approximate surface area is 197 Å². The average molecular weight is 511 g/mol. The second-order valence-electron chi connectivity index (χ2n) is 7.77. The van der Waals surface area contributed by atoms with E-state index in [1.165, 1.54) is 4.90 Å². The third kappa shape index (κ3) is 6.86. The maximum Gasteiger partial charge on any atom is 0.416 e. The quantitative estimate of drug-likeness (QED) is 0.597. The van der Waals surface area contributed by atoms with Gasteiger partial charge < -0.3 is 10.0 Å². The fourth-order valence-electron chi connectivity index (χ4n) is 3.83. The molecule has 3 rings (SSSR count). The van der Waals surface area contributed by atoms with E-state index in [9.17, 15) is 35.9 Å². The van der Waals surface area contributed by atoms with E-state index in [0.717, 1.165) is 5.56 Å². The molecule has 1 atom stereocenters. The molecule has 2 aromatic rings. The van der Waals surface area contributed by atoms with Crippen LogP contribution in [0.4, 0.5) is 26.3 Å². The summed E-state index contributed by atoms with van der Waals surface area (Å²) in [7, 11) is 0. The molecule has 1 aliphatic heterocycles. The van der Waals surface area contributed by atoms with Crippen molar-refractivity contribution in [3.63, 3.8) is 0 Å². The molecule has 1 fully saturated rings. The topological polar surface area (TPSA) is 60.9 Å². The fraction of sp³-hybridized carbons (Fsp3) is 0.364. The summed E-state index contributed by atoms with van der Waals surface area (Å²) in [4.78, 5) is 27.0. The molecule has 0 radical (unpaired) electrons. The lowest BCUT2D eigenvalue weighted by atomic mass is 9.99. The number of benzene rings is 2. The van der Waals surface area contributed by atoms with Crippen LogP contribution < -0.4 is 0 Å². The van der Waals surface area contributed by atoms with Crippen LogP contribution >= 0.6 is 12.4 Å². The van der Waals surface area contributed by atoms with E-state index in [4.69, 9.17) is 5.11 Å². The van der Waals surface area contributed by atoms with Gasteiger partial charge in [0.25, 0.3) is 5.91 Å². The minimum atomic E-state index is -5.07. The molecule has 1 aliphatic rings. The Morgan fingerprint density at radius 1 is 0.912 bits per heavy atom. The number of halogens is 7. The van der Waals surface area contributed by atoms with Crippen molar-refractivity contribution in [2.45, 2.75) is 24.8 Å². The number of hydrogen-bond donors (Lipinski definition) is 1. The van der Waals surface area contributed by atoms with Crippen molar-refractivity contribution in [3.8, 4) is 0 Å². The minimum absolute atomic E-state index is 0. The molecule has 0 bridgehead atoms. The smallest absolute Gasteiger partial charge is 0.416 e. The van der Waals surface area contributed by atoms with Crippen LogP contribution in [-0.2, 0) is 23.6 Å². The normalized spacial score (nSPS) is 17.2. The van der Waals surface area contributed by atoms with Gasteiger partial charge in [0.05, 0.1) is 17.7 Å². The van der Waals surface area contributed by atoms with Gasteiger partial charge in [0, 0.05) is 31.2 Å². The molecule has 0 saturated carbocycles. The van der Waals surface area contributed by atoms with Crippen LogP contribution in [0.1, 0.15) is 27.0 Å². The van der Waals surface area contributed by atoms with E-state index in [1.807, 2.05) is 0 Å². The molecule has 1 heterocycles. The molecule has 0 aliphatic carbocycles. The van der Waals surface area contributed by atoms with E-state index in [2.05, 4.69) is 0 Å². The maximum absolute atomic E-state index is 13.2. The highest BCUT2D eigenvalue weighted by molar-refractivity contribution is 5.95. The number of carboxylic acid groups (broad SMARTS) is 1. The standard InChI is InChI=1S/C22H20F6N2O3.ClH/c23-21(24,25)16-9-15(10-17(11-16)22(26,27)28)20(33)30-7-6-29(13-19(31)32)12-18(30)8-14-4-2-1-3-5-14;/h1-5,9-11,18H,6-8,12-13H2,(H,31,32);1H/t18-;/m1./s1. The van der Waals surface area contributed by atoms with Gasteiger partial charge in [-0.1, -0.05) is 30.3 Å². The monoisotopic (exact) mass is 510 g/mol. The van der Waals surface area contributed by atoms with Gasteiger partial charge >= 0.3 is 18.3 Å². The second kappa shape index (κ2) is 10.6. The lowest BCUT2D eigenvalue weighted by molar-refractivity contribution is -0.143. The number of aliphatic carboxylic acids is 1.